The van der Waals surface area contributed by atoms with E-state index >= 15 is 0 Å². The lowest BCUT2D eigenvalue weighted by atomic mass is 10.1. The Morgan fingerprint density at radius 3 is 2.28 bits per heavy atom. The molecule has 2 aromatic rings. The van der Waals surface area contributed by atoms with Gasteiger partial charge in [0.1, 0.15) is 11.5 Å². The van der Waals surface area contributed by atoms with Gasteiger partial charge in [-0.25, -0.2) is 4.79 Å². The number of carbonyl (C=O) groups excluding carboxylic acids is 2. The lowest BCUT2D eigenvalue weighted by molar-refractivity contribution is -0.114. The zero-order chi connectivity index (χ0) is 18.4. The van der Waals surface area contributed by atoms with Crippen LogP contribution in [0.2, 0.25) is 0 Å². The topological polar surface area (TPSA) is 88.4 Å². The Labute approximate surface area is 146 Å². The fourth-order valence-electron chi connectivity index (χ4n) is 2.07. The van der Waals surface area contributed by atoms with E-state index in [0.717, 1.165) is 0 Å². The first-order valence-electron chi connectivity index (χ1n) is 7.69. The number of esters is 1. The van der Waals surface area contributed by atoms with Gasteiger partial charge in [-0.2, -0.15) is 5.26 Å². The first-order chi connectivity index (χ1) is 11.9. The lowest BCUT2D eigenvalue weighted by Gasteiger charge is -2.14. The molecule has 0 aliphatic rings. The number of hydrogen-bond acceptors (Lipinski definition) is 5. The van der Waals surface area contributed by atoms with Gasteiger partial charge in [0.25, 0.3) is 0 Å². The van der Waals surface area contributed by atoms with Crippen molar-refractivity contribution in [3.05, 3.63) is 53.6 Å². The van der Waals surface area contributed by atoms with Crippen LogP contribution in [0.1, 0.15) is 36.7 Å². The van der Waals surface area contributed by atoms with Gasteiger partial charge in [0.2, 0.25) is 5.91 Å². The molecular formula is C19H18N2O4. The maximum atomic E-state index is 12.3. The molecular weight excluding hydrogens is 320 g/mol. The van der Waals surface area contributed by atoms with E-state index in [1.807, 2.05) is 6.07 Å². The predicted octanol–water partition coefficient (Wildman–Crippen LogP) is 3.87. The van der Waals surface area contributed by atoms with Gasteiger partial charge >= 0.3 is 5.97 Å². The Morgan fingerprint density at radius 1 is 1.08 bits per heavy atom. The molecule has 0 fully saturated rings. The van der Waals surface area contributed by atoms with Crippen molar-refractivity contribution in [2.24, 2.45) is 0 Å². The SMILES string of the molecule is CC(=O)Nc1ccc(Oc2ccc(C#N)cc2)cc1C(=O)OC(C)C. The van der Waals surface area contributed by atoms with Crippen molar-refractivity contribution in [2.45, 2.75) is 26.9 Å². The zero-order valence-electron chi connectivity index (χ0n) is 14.2. The summed E-state index contributed by atoms with van der Waals surface area (Å²) in [5.41, 5.74) is 1.08. The summed E-state index contributed by atoms with van der Waals surface area (Å²) in [5, 5.41) is 11.4. The molecule has 2 rings (SSSR count). The second-order valence-corrected chi connectivity index (χ2v) is 5.58. The maximum absolute atomic E-state index is 12.3. The summed E-state index contributed by atoms with van der Waals surface area (Å²) in [6.45, 7) is 4.85. The summed E-state index contributed by atoms with van der Waals surface area (Å²) >= 11 is 0. The van der Waals surface area contributed by atoms with Crippen LogP contribution < -0.4 is 10.1 Å². The summed E-state index contributed by atoms with van der Waals surface area (Å²) in [6.07, 6.45) is -0.291. The number of hydrogen-bond donors (Lipinski definition) is 1. The summed E-state index contributed by atoms with van der Waals surface area (Å²) in [6, 6.07) is 13.3. The summed E-state index contributed by atoms with van der Waals surface area (Å²) < 4.78 is 10.9. The molecule has 0 heterocycles. The van der Waals surface area contributed by atoms with Crippen molar-refractivity contribution >= 4 is 17.6 Å². The van der Waals surface area contributed by atoms with Gasteiger partial charge in [-0.1, -0.05) is 0 Å². The van der Waals surface area contributed by atoms with Crippen molar-refractivity contribution in [3.8, 4) is 17.6 Å². The normalized spacial score (nSPS) is 10.0. The molecule has 0 radical (unpaired) electrons. The van der Waals surface area contributed by atoms with E-state index in [4.69, 9.17) is 14.7 Å². The first-order valence-corrected chi connectivity index (χ1v) is 7.69. The second-order valence-electron chi connectivity index (χ2n) is 5.58. The highest BCUT2D eigenvalue weighted by molar-refractivity contribution is 6.01. The van der Waals surface area contributed by atoms with Crippen molar-refractivity contribution in [2.75, 3.05) is 5.32 Å². The number of anilines is 1. The summed E-state index contributed by atoms with van der Waals surface area (Å²) in [4.78, 5) is 23.6. The minimum Gasteiger partial charge on any atom is -0.459 e. The van der Waals surface area contributed by atoms with Gasteiger partial charge in [0.15, 0.2) is 0 Å². The second kappa shape index (κ2) is 7.97. The molecule has 0 aliphatic heterocycles. The summed E-state index contributed by atoms with van der Waals surface area (Å²) in [7, 11) is 0. The fourth-order valence-corrected chi connectivity index (χ4v) is 2.07. The van der Waals surface area contributed by atoms with E-state index in [0.29, 0.717) is 22.7 Å². The molecule has 0 atom stereocenters. The minimum atomic E-state index is -0.552. The highest BCUT2D eigenvalue weighted by atomic mass is 16.5. The van der Waals surface area contributed by atoms with E-state index in [1.165, 1.54) is 13.0 Å². The van der Waals surface area contributed by atoms with Crippen LogP contribution in [-0.2, 0) is 9.53 Å². The maximum Gasteiger partial charge on any atom is 0.340 e. The third kappa shape index (κ3) is 5.08. The fraction of sp³-hybridized carbons (Fsp3) is 0.211. The number of nitrogens with one attached hydrogen (secondary N) is 1. The number of ether oxygens (including phenoxy) is 2. The smallest absolute Gasteiger partial charge is 0.340 e. The van der Waals surface area contributed by atoms with Gasteiger partial charge in [-0.15, -0.1) is 0 Å². The van der Waals surface area contributed by atoms with E-state index in [9.17, 15) is 9.59 Å². The minimum absolute atomic E-state index is 0.204. The molecule has 2 aromatic carbocycles. The largest absolute Gasteiger partial charge is 0.459 e. The Morgan fingerprint density at radius 2 is 1.72 bits per heavy atom. The number of carbonyl (C=O) groups is 2. The Hall–Kier alpha value is -3.33. The van der Waals surface area contributed by atoms with E-state index < -0.39 is 5.97 Å². The Bertz CT molecular complexity index is 820. The van der Waals surface area contributed by atoms with Crippen LogP contribution in [0.3, 0.4) is 0 Å². The van der Waals surface area contributed by atoms with Crippen molar-refractivity contribution in [1.29, 1.82) is 5.26 Å². The molecule has 6 nitrogen and oxygen atoms in total. The van der Waals surface area contributed by atoms with Crippen molar-refractivity contribution < 1.29 is 19.1 Å². The van der Waals surface area contributed by atoms with Crippen LogP contribution in [0.5, 0.6) is 11.5 Å². The van der Waals surface area contributed by atoms with Gasteiger partial charge in [-0.3, -0.25) is 4.79 Å². The highest BCUT2D eigenvalue weighted by Gasteiger charge is 2.17. The molecule has 1 N–H and O–H groups in total. The number of amides is 1. The van der Waals surface area contributed by atoms with Crippen LogP contribution in [0.25, 0.3) is 0 Å². The molecule has 0 spiro atoms. The summed E-state index contributed by atoms with van der Waals surface area (Å²) in [5.74, 6) is 0.0901. The number of benzene rings is 2. The number of nitriles is 1. The standard InChI is InChI=1S/C19H18N2O4/c1-12(2)24-19(23)17-10-16(8-9-18(17)21-13(3)22)25-15-6-4-14(11-20)5-7-15/h4-10,12H,1-3H3,(H,21,22). The van der Waals surface area contributed by atoms with Gasteiger partial charge in [-0.05, 0) is 56.3 Å². The van der Waals surface area contributed by atoms with Crippen molar-refractivity contribution in [3.63, 3.8) is 0 Å². The molecule has 6 heteroatoms. The molecule has 0 saturated heterocycles. The third-order valence-corrected chi connectivity index (χ3v) is 3.08. The lowest BCUT2D eigenvalue weighted by Crippen LogP contribution is -2.16. The first kappa shape index (κ1) is 18.0. The average molecular weight is 338 g/mol. The quantitative estimate of drug-likeness (QED) is 0.836. The van der Waals surface area contributed by atoms with Crippen LogP contribution in [-0.4, -0.2) is 18.0 Å². The third-order valence-electron chi connectivity index (χ3n) is 3.08. The monoisotopic (exact) mass is 338 g/mol. The highest BCUT2D eigenvalue weighted by Crippen LogP contribution is 2.27. The van der Waals surface area contributed by atoms with E-state index in [2.05, 4.69) is 5.32 Å². The number of nitrogens with zero attached hydrogens (tertiary/aromatic N) is 1. The van der Waals surface area contributed by atoms with Crippen molar-refractivity contribution in [1.82, 2.24) is 0 Å². The van der Waals surface area contributed by atoms with Crippen LogP contribution in [0.4, 0.5) is 5.69 Å². The average Bonchev–Trinajstić information content (AvgIpc) is 2.56. The predicted molar refractivity (Wildman–Crippen MR) is 92.5 cm³/mol. The van der Waals surface area contributed by atoms with E-state index in [-0.39, 0.29) is 17.6 Å². The molecule has 0 aromatic heterocycles. The Kier molecular flexibility index (Phi) is 5.75. The molecule has 128 valence electrons. The molecule has 0 unspecified atom stereocenters. The molecule has 25 heavy (non-hydrogen) atoms. The van der Waals surface area contributed by atoms with Gasteiger partial charge in [0.05, 0.1) is 29.0 Å². The molecule has 0 aliphatic carbocycles. The van der Waals surface area contributed by atoms with Gasteiger partial charge < -0.3 is 14.8 Å². The molecule has 1 amide bonds. The van der Waals surface area contributed by atoms with Gasteiger partial charge in [0, 0.05) is 6.92 Å². The zero-order valence-corrected chi connectivity index (χ0v) is 14.2. The van der Waals surface area contributed by atoms with Crippen LogP contribution in [0, 0.1) is 11.3 Å². The number of rotatable bonds is 5. The Balaban J connectivity index is 2.31. The van der Waals surface area contributed by atoms with E-state index in [1.54, 1.807) is 50.2 Å². The van der Waals surface area contributed by atoms with Crippen LogP contribution in [0.15, 0.2) is 42.5 Å². The molecule has 0 bridgehead atoms. The molecule has 0 saturated carbocycles. The van der Waals surface area contributed by atoms with Crippen LogP contribution >= 0.6 is 0 Å².